The number of imidazole rings is 1. The molecule has 0 saturated heterocycles. The van der Waals surface area contributed by atoms with E-state index in [1.54, 1.807) is 11.0 Å². The molecule has 54 heavy (non-hydrogen) atoms. The van der Waals surface area contributed by atoms with Crippen molar-refractivity contribution in [2.75, 3.05) is 7.11 Å². The summed E-state index contributed by atoms with van der Waals surface area (Å²) >= 11 is 0. The molecule has 0 atom stereocenters. The van der Waals surface area contributed by atoms with Gasteiger partial charge in [0.2, 0.25) is 0 Å². The van der Waals surface area contributed by atoms with Crippen molar-refractivity contribution in [3.63, 3.8) is 0 Å². The van der Waals surface area contributed by atoms with Crippen LogP contribution >= 0.6 is 0 Å². The van der Waals surface area contributed by atoms with Gasteiger partial charge in [-0.3, -0.25) is 13.9 Å². The predicted molar refractivity (Wildman–Crippen MR) is 191 cm³/mol. The fraction of sp³-hybridized carbons (Fsp3) is 0.150. The second-order valence-electron chi connectivity index (χ2n) is 12.4. The monoisotopic (exact) mass is 737 g/mol. The van der Waals surface area contributed by atoms with Crippen LogP contribution in [0.5, 0.6) is 11.5 Å². The number of rotatable bonds is 11. The first kappa shape index (κ1) is 35.7. The highest BCUT2D eigenvalue weighted by molar-refractivity contribution is 5.94. The van der Waals surface area contributed by atoms with Crippen LogP contribution in [-0.4, -0.2) is 42.1 Å². The molecule has 0 aliphatic carbocycles. The van der Waals surface area contributed by atoms with Gasteiger partial charge in [0, 0.05) is 12.6 Å². The van der Waals surface area contributed by atoms with E-state index >= 15 is 4.39 Å². The number of carboxylic acids is 1. The van der Waals surface area contributed by atoms with Crippen LogP contribution in [0.1, 0.15) is 28.1 Å². The first-order valence-electron chi connectivity index (χ1n) is 16.5. The van der Waals surface area contributed by atoms with Crippen LogP contribution in [0.25, 0.3) is 22.2 Å². The Balaban J connectivity index is 1.29. The van der Waals surface area contributed by atoms with E-state index in [4.69, 9.17) is 14.6 Å². The summed E-state index contributed by atoms with van der Waals surface area (Å²) in [6, 6.07) is 33.1. The molecule has 7 aromatic rings. The minimum Gasteiger partial charge on any atom is -0.493 e. The van der Waals surface area contributed by atoms with Crippen molar-refractivity contribution in [3.8, 4) is 22.6 Å². The summed E-state index contributed by atoms with van der Waals surface area (Å²) in [7, 11) is 2.53. The molecule has 0 aliphatic rings. The Morgan fingerprint density at radius 3 is 1.93 bits per heavy atom. The number of aryl methyl sites for hydroxylation is 1. The highest BCUT2D eigenvalue weighted by atomic mass is 19.4. The number of hydrogen-bond donors (Lipinski definition) is 1. The lowest BCUT2D eigenvalue weighted by atomic mass is 9.77. The molecule has 14 heteroatoms. The molecule has 10 nitrogen and oxygen atoms in total. The molecule has 0 radical (unpaired) electrons. The predicted octanol–water partition coefficient (Wildman–Crippen LogP) is 7.27. The Morgan fingerprint density at radius 2 is 1.41 bits per heavy atom. The molecule has 0 amide bonds. The molecule has 274 valence electrons. The average Bonchev–Trinajstić information content (AvgIpc) is 3.73. The molecular weight excluding hydrogens is 706 g/mol. The van der Waals surface area contributed by atoms with Crippen LogP contribution in [0, 0.1) is 5.82 Å². The number of aromatic nitrogens is 5. The van der Waals surface area contributed by atoms with E-state index in [2.05, 4.69) is 4.98 Å². The van der Waals surface area contributed by atoms with E-state index in [0.717, 1.165) is 38.0 Å². The van der Waals surface area contributed by atoms with Crippen molar-refractivity contribution in [1.82, 2.24) is 23.9 Å². The van der Waals surface area contributed by atoms with Crippen molar-refractivity contribution in [2.24, 2.45) is 7.05 Å². The molecule has 0 unspecified atom stereocenters. The number of fused-ring (bicyclic) bond motifs is 1. The number of ether oxygens (including phenoxy) is 2. The number of halogens is 4. The highest BCUT2D eigenvalue weighted by Gasteiger charge is 2.40. The van der Waals surface area contributed by atoms with Crippen LogP contribution in [0.2, 0.25) is 0 Å². The van der Waals surface area contributed by atoms with Crippen LogP contribution in [0.4, 0.5) is 17.6 Å². The van der Waals surface area contributed by atoms with Crippen LogP contribution < -0.4 is 15.2 Å². The van der Waals surface area contributed by atoms with Crippen LogP contribution in [0.3, 0.4) is 0 Å². The van der Waals surface area contributed by atoms with Gasteiger partial charge in [-0.15, -0.1) is 0 Å². The lowest BCUT2D eigenvalue weighted by Crippen LogP contribution is -2.38. The van der Waals surface area contributed by atoms with Crippen molar-refractivity contribution in [3.05, 3.63) is 166 Å². The first-order chi connectivity index (χ1) is 25.9. The molecule has 2 heterocycles. The molecule has 0 spiro atoms. The summed E-state index contributed by atoms with van der Waals surface area (Å²) in [4.78, 5) is 29.0. The van der Waals surface area contributed by atoms with Gasteiger partial charge in [-0.2, -0.15) is 18.3 Å². The minimum absolute atomic E-state index is 0.0298. The van der Waals surface area contributed by atoms with Crippen molar-refractivity contribution in [1.29, 1.82) is 0 Å². The minimum atomic E-state index is -4.87. The SMILES string of the molecule is COc1cc(-c2cc(C(F)(F)F)cc3c2n(C)c(=O)n3CC(=O)O)cc(F)c1OCc1ncn(C(c2ccccc2)(c2ccccc2)c2ccccc2)n1. The van der Waals surface area contributed by atoms with Crippen molar-refractivity contribution < 1.29 is 36.9 Å². The number of benzene rings is 5. The summed E-state index contributed by atoms with van der Waals surface area (Å²) in [6.45, 7) is -1.19. The third-order valence-corrected chi connectivity index (χ3v) is 9.20. The summed E-state index contributed by atoms with van der Waals surface area (Å²) in [5.74, 6) is -2.71. The third-order valence-electron chi connectivity index (χ3n) is 9.20. The number of alkyl halides is 3. The summed E-state index contributed by atoms with van der Waals surface area (Å²) in [6.07, 6.45) is -3.30. The summed E-state index contributed by atoms with van der Waals surface area (Å²) in [5.41, 5.74) is -0.821. The summed E-state index contributed by atoms with van der Waals surface area (Å²) in [5, 5.41) is 14.2. The number of methoxy groups -OCH3 is 1. The average molecular weight is 738 g/mol. The molecule has 0 fully saturated rings. The van der Waals surface area contributed by atoms with Crippen molar-refractivity contribution >= 4 is 17.0 Å². The van der Waals surface area contributed by atoms with Gasteiger partial charge in [0.25, 0.3) is 0 Å². The maximum absolute atomic E-state index is 16.0. The lowest BCUT2D eigenvalue weighted by Gasteiger charge is -2.35. The topological polar surface area (TPSA) is 113 Å². The van der Waals surface area contributed by atoms with Gasteiger partial charge >= 0.3 is 17.8 Å². The molecule has 1 N–H and O–H groups in total. The fourth-order valence-corrected chi connectivity index (χ4v) is 6.84. The van der Waals surface area contributed by atoms with Gasteiger partial charge in [-0.25, -0.2) is 18.9 Å². The normalized spacial score (nSPS) is 11.9. The lowest BCUT2D eigenvalue weighted by molar-refractivity contribution is -0.138. The van der Waals surface area contributed by atoms with E-state index in [1.165, 1.54) is 20.2 Å². The van der Waals surface area contributed by atoms with E-state index in [-0.39, 0.29) is 46.1 Å². The van der Waals surface area contributed by atoms with Gasteiger partial charge in [-0.05, 0) is 46.5 Å². The molecule has 2 aromatic heterocycles. The quantitative estimate of drug-likeness (QED) is 0.110. The third kappa shape index (κ3) is 6.25. The first-order valence-corrected chi connectivity index (χ1v) is 16.5. The van der Waals surface area contributed by atoms with E-state index < -0.39 is 41.3 Å². The Morgan fingerprint density at radius 1 is 0.833 bits per heavy atom. The van der Waals surface area contributed by atoms with Crippen molar-refractivity contribution in [2.45, 2.75) is 24.9 Å². The molecule has 7 rings (SSSR count). The van der Waals surface area contributed by atoms with Gasteiger partial charge < -0.3 is 14.6 Å². The van der Waals surface area contributed by atoms with Crippen LogP contribution in [-0.2, 0) is 36.7 Å². The van der Waals surface area contributed by atoms with E-state index in [9.17, 15) is 27.9 Å². The number of nitrogens with zero attached hydrogens (tertiary/aromatic N) is 5. The number of aliphatic carboxylic acids is 1. The molecular formula is C40H31F4N5O5. The highest BCUT2D eigenvalue weighted by Crippen LogP contribution is 2.42. The molecule has 0 bridgehead atoms. The smallest absolute Gasteiger partial charge is 0.416 e. The van der Waals surface area contributed by atoms with Gasteiger partial charge in [0.05, 0.1) is 23.7 Å². The Bertz CT molecular complexity index is 2440. The second kappa shape index (κ2) is 14.0. The standard InChI is InChI=1S/C40H31F4N5O5/c1-47-36-30(20-29(40(42,43)44)21-32(36)48(38(47)52)22-35(50)51)25-18-31(41)37(33(19-25)53-2)54-23-34-45-24-49(46-34)39(26-12-6-3-7-13-26,27-14-8-4-9-15-27)28-16-10-5-11-17-28/h3-21,24H,22-23H2,1-2H3,(H,50,51). The molecule has 0 aliphatic heterocycles. The Labute approximate surface area is 305 Å². The van der Waals surface area contributed by atoms with E-state index in [0.29, 0.717) is 6.07 Å². The number of hydrogen-bond acceptors (Lipinski definition) is 6. The zero-order valence-electron chi connectivity index (χ0n) is 28.8. The van der Waals surface area contributed by atoms with Crippen LogP contribution in [0.15, 0.2) is 126 Å². The molecule has 0 saturated carbocycles. The zero-order valence-corrected chi connectivity index (χ0v) is 28.8. The molecule has 5 aromatic carbocycles. The zero-order chi connectivity index (χ0) is 38.2. The number of carboxylic acid groups (broad SMARTS) is 1. The van der Waals surface area contributed by atoms with Gasteiger partial charge in [0.1, 0.15) is 25.0 Å². The maximum Gasteiger partial charge on any atom is 0.416 e. The van der Waals surface area contributed by atoms with Gasteiger partial charge in [0.15, 0.2) is 23.1 Å². The second-order valence-corrected chi connectivity index (χ2v) is 12.4. The maximum atomic E-state index is 16.0. The summed E-state index contributed by atoms with van der Waals surface area (Å²) < 4.78 is 73.1. The Kier molecular flexibility index (Phi) is 9.27. The van der Waals surface area contributed by atoms with Gasteiger partial charge in [-0.1, -0.05) is 91.0 Å². The largest absolute Gasteiger partial charge is 0.493 e. The Hall–Kier alpha value is -6.70. The fourth-order valence-electron chi connectivity index (χ4n) is 6.84. The number of carbonyl (C=O) groups is 1. The van der Waals surface area contributed by atoms with E-state index in [1.807, 2.05) is 91.0 Å².